The molecule has 0 fully saturated rings. The molecule has 0 aliphatic rings. The van der Waals surface area contributed by atoms with E-state index in [9.17, 15) is 18.0 Å². The van der Waals surface area contributed by atoms with Crippen molar-refractivity contribution in [1.82, 2.24) is 19.4 Å². The van der Waals surface area contributed by atoms with Crippen LogP contribution in [0.5, 0.6) is 0 Å². The number of aromatic amines is 1. The fraction of sp³-hybridized carbons (Fsp3) is 0.154. The molecule has 2 aromatic heterocycles. The van der Waals surface area contributed by atoms with Crippen molar-refractivity contribution < 1.29 is 8.42 Å². The molecular formula is C13H13N5O4S. The van der Waals surface area contributed by atoms with Crippen molar-refractivity contribution in [2.45, 2.75) is 0 Å². The minimum Gasteiger partial charge on any atom is -0.305 e. The molecule has 0 saturated carbocycles. The predicted molar refractivity (Wildman–Crippen MR) is 85.2 cm³/mol. The van der Waals surface area contributed by atoms with Gasteiger partial charge in [-0.1, -0.05) is 6.07 Å². The van der Waals surface area contributed by atoms with Crippen LogP contribution in [-0.4, -0.2) is 34.1 Å². The molecular weight excluding hydrogens is 322 g/mol. The summed E-state index contributed by atoms with van der Waals surface area (Å²) in [5.74, 6) is 0. The Morgan fingerprint density at radius 1 is 1.22 bits per heavy atom. The Hall–Kier alpha value is -2.88. The number of nitrogens with one attached hydrogen (secondary N) is 2. The minimum absolute atomic E-state index is 0.180. The first-order valence-corrected chi connectivity index (χ1v) is 8.41. The highest BCUT2D eigenvalue weighted by atomic mass is 32.2. The molecule has 0 aliphatic carbocycles. The molecule has 10 heteroatoms. The van der Waals surface area contributed by atoms with Crippen LogP contribution in [0.4, 0.5) is 0 Å². The number of benzene rings is 1. The van der Waals surface area contributed by atoms with Crippen LogP contribution in [0.3, 0.4) is 0 Å². The van der Waals surface area contributed by atoms with Gasteiger partial charge in [-0.25, -0.2) is 18.0 Å². The van der Waals surface area contributed by atoms with Crippen LogP contribution in [0.2, 0.25) is 0 Å². The second kappa shape index (κ2) is 5.09. The molecule has 3 aromatic rings. The number of aryl methyl sites for hydroxylation is 1. The summed E-state index contributed by atoms with van der Waals surface area (Å²) in [6.07, 6.45) is 2.48. The average Bonchev–Trinajstić information content (AvgIpc) is 2.88. The maximum Gasteiger partial charge on any atom is 0.348 e. The zero-order valence-corrected chi connectivity index (χ0v) is 13.1. The monoisotopic (exact) mass is 335 g/mol. The van der Waals surface area contributed by atoms with Crippen molar-refractivity contribution in [2.24, 2.45) is 7.05 Å². The highest BCUT2D eigenvalue weighted by molar-refractivity contribution is 7.91. The van der Waals surface area contributed by atoms with E-state index in [1.54, 1.807) is 42.2 Å². The van der Waals surface area contributed by atoms with Crippen LogP contribution < -0.4 is 16.1 Å². The lowest BCUT2D eigenvalue weighted by molar-refractivity contribution is 0.598. The van der Waals surface area contributed by atoms with Crippen LogP contribution in [0.1, 0.15) is 0 Å². The molecule has 0 radical (unpaired) electrons. The Labute approximate surface area is 130 Å². The van der Waals surface area contributed by atoms with Gasteiger partial charge in [-0.05, 0) is 18.2 Å². The molecule has 0 spiro atoms. The Kier molecular flexibility index (Phi) is 3.33. The van der Waals surface area contributed by atoms with Crippen molar-refractivity contribution in [3.8, 4) is 11.3 Å². The van der Waals surface area contributed by atoms with E-state index >= 15 is 0 Å². The van der Waals surface area contributed by atoms with Gasteiger partial charge >= 0.3 is 5.69 Å². The van der Waals surface area contributed by atoms with E-state index in [-0.39, 0.29) is 5.39 Å². The summed E-state index contributed by atoms with van der Waals surface area (Å²) in [7, 11) is -2.01. The number of rotatable bonds is 3. The van der Waals surface area contributed by atoms with E-state index in [1.807, 2.05) is 4.83 Å². The molecule has 1 aromatic carbocycles. The molecule has 0 saturated heterocycles. The predicted octanol–water partition coefficient (Wildman–Crippen LogP) is -0.407. The van der Waals surface area contributed by atoms with E-state index in [0.29, 0.717) is 15.8 Å². The summed E-state index contributed by atoms with van der Waals surface area (Å²) in [4.78, 5) is 28.7. The Morgan fingerprint density at radius 3 is 2.57 bits per heavy atom. The van der Waals surface area contributed by atoms with Crippen molar-refractivity contribution in [3.63, 3.8) is 0 Å². The van der Waals surface area contributed by atoms with Gasteiger partial charge in [-0.2, -0.15) is 9.77 Å². The van der Waals surface area contributed by atoms with Gasteiger partial charge in [0.15, 0.2) is 0 Å². The highest BCUT2D eigenvalue weighted by Gasteiger charge is 2.12. The Bertz CT molecular complexity index is 1120. The number of nitrogens with zero attached hydrogens (tertiary/aromatic N) is 3. The molecule has 23 heavy (non-hydrogen) atoms. The third-order valence-electron chi connectivity index (χ3n) is 3.27. The van der Waals surface area contributed by atoms with Gasteiger partial charge < -0.3 is 4.98 Å². The van der Waals surface area contributed by atoms with Crippen LogP contribution >= 0.6 is 0 Å². The molecule has 120 valence electrons. The van der Waals surface area contributed by atoms with Gasteiger partial charge in [0.1, 0.15) is 0 Å². The van der Waals surface area contributed by atoms with E-state index in [0.717, 1.165) is 11.9 Å². The number of sulfonamides is 1. The quantitative estimate of drug-likeness (QED) is 0.675. The summed E-state index contributed by atoms with van der Waals surface area (Å²) in [6, 6.07) is 6.68. The van der Waals surface area contributed by atoms with E-state index in [1.165, 1.54) is 0 Å². The third-order valence-corrected chi connectivity index (χ3v) is 3.79. The molecule has 9 nitrogen and oxygen atoms in total. The van der Waals surface area contributed by atoms with Gasteiger partial charge in [-0.15, -0.1) is 0 Å². The average molecular weight is 335 g/mol. The molecule has 2 N–H and O–H groups in total. The third kappa shape index (κ3) is 2.75. The Morgan fingerprint density at radius 2 is 1.96 bits per heavy atom. The molecule has 0 unspecified atom stereocenters. The smallest absolute Gasteiger partial charge is 0.305 e. The molecule has 0 atom stereocenters. The van der Waals surface area contributed by atoms with Crippen molar-refractivity contribution >= 4 is 20.9 Å². The van der Waals surface area contributed by atoms with Crippen molar-refractivity contribution in [3.05, 3.63) is 51.3 Å². The van der Waals surface area contributed by atoms with Crippen LogP contribution in [0, 0.1) is 0 Å². The maximum atomic E-state index is 12.4. The number of fused-ring (bicyclic) bond motifs is 1. The molecule has 2 heterocycles. The molecule has 3 rings (SSSR count). The van der Waals surface area contributed by atoms with Gasteiger partial charge in [-0.3, -0.25) is 9.48 Å². The lowest BCUT2D eigenvalue weighted by Gasteiger charge is -2.08. The summed E-state index contributed by atoms with van der Waals surface area (Å²) < 4.78 is 24.7. The number of aromatic nitrogens is 4. The Balaban J connectivity index is 2.28. The summed E-state index contributed by atoms with van der Waals surface area (Å²) >= 11 is 0. The van der Waals surface area contributed by atoms with Gasteiger partial charge in [0.25, 0.3) is 5.56 Å². The zero-order chi connectivity index (χ0) is 16.8. The lowest BCUT2D eigenvalue weighted by Crippen LogP contribution is -2.43. The number of hydrogen-bond acceptors (Lipinski definition) is 5. The lowest BCUT2D eigenvalue weighted by atomic mass is 10.1. The number of H-pyrrole nitrogens is 1. The summed E-state index contributed by atoms with van der Waals surface area (Å²) in [6.45, 7) is 0. The van der Waals surface area contributed by atoms with Gasteiger partial charge in [0.2, 0.25) is 10.0 Å². The summed E-state index contributed by atoms with van der Waals surface area (Å²) in [5, 5.41) is 4.24. The standard InChI is InChI=1S/C13H13N5O4S/c1-17-11(5-6-14-17)8-3-4-10-9(7-8)12(19)18(13(20)15-10)16-23(2,21)22/h3-7,16H,1-2H3,(H,15,20). The maximum absolute atomic E-state index is 12.4. The molecule has 0 amide bonds. The largest absolute Gasteiger partial charge is 0.348 e. The molecule has 0 aliphatic heterocycles. The SMILES string of the molecule is Cn1nccc1-c1ccc2[nH]c(=O)n(NS(C)(=O)=O)c(=O)c2c1. The van der Waals surface area contributed by atoms with Crippen molar-refractivity contribution in [1.29, 1.82) is 0 Å². The first-order chi connectivity index (χ1) is 10.8. The first kappa shape index (κ1) is 15.0. The molecule has 0 bridgehead atoms. The van der Waals surface area contributed by atoms with Crippen LogP contribution in [0.25, 0.3) is 22.2 Å². The van der Waals surface area contributed by atoms with Crippen LogP contribution in [0.15, 0.2) is 40.1 Å². The fourth-order valence-corrected chi connectivity index (χ4v) is 2.78. The number of hydrogen-bond donors (Lipinski definition) is 2. The van der Waals surface area contributed by atoms with Crippen LogP contribution in [-0.2, 0) is 17.1 Å². The topological polar surface area (TPSA) is 119 Å². The second-order valence-electron chi connectivity index (χ2n) is 5.03. The highest BCUT2D eigenvalue weighted by Crippen LogP contribution is 2.20. The van der Waals surface area contributed by atoms with Crippen molar-refractivity contribution in [2.75, 3.05) is 11.1 Å². The van der Waals surface area contributed by atoms with E-state index < -0.39 is 21.3 Å². The van der Waals surface area contributed by atoms with E-state index in [2.05, 4.69) is 10.1 Å². The summed E-state index contributed by atoms with van der Waals surface area (Å²) in [5.41, 5.74) is 0.199. The normalized spacial score (nSPS) is 11.7. The van der Waals surface area contributed by atoms with Gasteiger partial charge in [0.05, 0.1) is 22.9 Å². The minimum atomic E-state index is -3.77. The van der Waals surface area contributed by atoms with Gasteiger partial charge in [0, 0.05) is 18.8 Å². The van der Waals surface area contributed by atoms with E-state index in [4.69, 9.17) is 0 Å². The first-order valence-electron chi connectivity index (χ1n) is 6.51. The fourth-order valence-electron chi connectivity index (χ4n) is 2.28. The zero-order valence-electron chi connectivity index (χ0n) is 12.3. The second-order valence-corrected chi connectivity index (χ2v) is 6.76.